The SMILES string of the molecule is CC[C@H](C)[C@H](NC(=O)[C@@H](NC(=O)[C@@H](N)CS)[C@@H](C)O)C(=O)N[C@@H](Cc1c[nH]cn1)C(=O)NCC(=O)N[C@@H](CC(N)=O)C(=O)N[C@H](C(=O)N[C@@H](CCC(=O)O)C(=O)N[C@@H](CCC(=O)O)C(=O)N[C@@H](CC(C)C)C(=O)N[C@@H](CCCNC(=N)N)C(=O)N[C@@H](CCC(N)=O)C(=O)N[C@@H](CCSC)C(=O)N[C@@H](C)C(=O)N[C@@H](C)C(=O)O)[C@@H](C)O. The molecule has 1 aromatic rings. The zero-order chi connectivity index (χ0) is 87.7. The topological polar surface area (TPSA) is 763 Å². The van der Waals surface area contributed by atoms with Gasteiger partial charge < -0.3 is 133 Å². The average Bonchev–Trinajstić information content (AvgIpc) is 1.50. The number of carbonyl (C=O) groups excluding carboxylic acids is 16. The number of primary amides is 2. The van der Waals surface area contributed by atoms with Gasteiger partial charge in [0.05, 0.1) is 43.2 Å². The third-order valence-corrected chi connectivity index (χ3v) is 18.1. The Labute approximate surface area is 671 Å². The molecule has 0 aliphatic carbocycles. The molecule has 30 N–H and O–H groups in total. The van der Waals surface area contributed by atoms with Crippen molar-refractivity contribution in [3.63, 3.8) is 0 Å². The molecule has 48 heteroatoms. The fraction of sp³-hybridized carbons (Fsp3) is 0.657. The second kappa shape index (κ2) is 52.4. The fourth-order valence-electron chi connectivity index (χ4n) is 10.4. The van der Waals surface area contributed by atoms with Crippen LogP contribution in [0.4, 0.5) is 0 Å². The van der Waals surface area contributed by atoms with E-state index >= 15 is 0 Å². The number of carbonyl (C=O) groups is 19. The van der Waals surface area contributed by atoms with Crippen LogP contribution in [0.2, 0.25) is 0 Å². The van der Waals surface area contributed by atoms with Crippen LogP contribution in [0.3, 0.4) is 0 Å². The van der Waals surface area contributed by atoms with Crippen LogP contribution in [0.15, 0.2) is 12.5 Å². The summed E-state index contributed by atoms with van der Waals surface area (Å²) in [5, 5.41) is 92.8. The van der Waals surface area contributed by atoms with Gasteiger partial charge in [0, 0.05) is 44.2 Å². The molecule has 17 atom stereocenters. The molecule has 0 aliphatic rings. The molecule has 0 spiro atoms. The summed E-state index contributed by atoms with van der Waals surface area (Å²) in [7, 11) is 0. The monoisotopic (exact) mass is 1670 g/mol. The fourth-order valence-corrected chi connectivity index (χ4v) is 11.1. The van der Waals surface area contributed by atoms with Crippen LogP contribution in [0.5, 0.6) is 0 Å². The number of carboxylic acid groups (broad SMARTS) is 3. The number of thiol groups is 1. The highest BCUT2D eigenvalue weighted by atomic mass is 32.2. The molecule has 0 saturated carbocycles. The van der Waals surface area contributed by atoms with Crippen LogP contribution >= 0.6 is 24.4 Å². The highest BCUT2D eigenvalue weighted by Crippen LogP contribution is 2.15. The third kappa shape index (κ3) is 39.5. The Hall–Kier alpha value is -11.0. The summed E-state index contributed by atoms with van der Waals surface area (Å²) in [5.74, 6) is -23.8. The predicted octanol–water partition coefficient (Wildman–Crippen LogP) is -9.51. The molecule has 0 saturated heterocycles. The number of aromatic nitrogens is 2. The van der Waals surface area contributed by atoms with E-state index in [-0.39, 0.29) is 62.3 Å². The molecule has 115 heavy (non-hydrogen) atoms. The van der Waals surface area contributed by atoms with Gasteiger partial charge in [-0.15, -0.1) is 0 Å². The zero-order valence-corrected chi connectivity index (χ0v) is 66.9. The number of aliphatic hydroxyl groups is 2. The van der Waals surface area contributed by atoms with Crippen LogP contribution in [0.1, 0.15) is 138 Å². The molecular weight excluding hydrogens is 1560 g/mol. The Balaban J connectivity index is 3.66. The number of aromatic amines is 1. The Kier molecular flexibility index (Phi) is 46.5. The number of amides is 16. The quantitative estimate of drug-likeness (QED) is 0.0125. The molecule has 16 amide bonds. The summed E-state index contributed by atoms with van der Waals surface area (Å²) in [6.07, 6.45) is -5.28. The van der Waals surface area contributed by atoms with Gasteiger partial charge in [-0.2, -0.15) is 24.4 Å². The number of imidazole rings is 1. The number of aliphatic hydroxyl groups excluding tert-OH is 2. The van der Waals surface area contributed by atoms with E-state index in [4.69, 9.17) is 28.3 Å². The summed E-state index contributed by atoms with van der Waals surface area (Å²) in [6, 6.07) is -23.0. The van der Waals surface area contributed by atoms with Crippen molar-refractivity contribution in [3.8, 4) is 0 Å². The van der Waals surface area contributed by atoms with E-state index in [1.165, 1.54) is 45.1 Å². The number of nitrogens with one attached hydrogen (secondary N) is 17. The second-order valence-corrected chi connectivity index (χ2v) is 28.7. The van der Waals surface area contributed by atoms with Crippen molar-refractivity contribution in [3.05, 3.63) is 18.2 Å². The lowest BCUT2D eigenvalue weighted by Gasteiger charge is -2.29. The van der Waals surface area contributed by atoms with Crippen molar-refractivity contribution in [1.29, 1.82) is 5.41 Å². The van der Waals surface area contributed by atoms with Crippen molar-refractivity contribution in [2.75, 3.05) is 30.9 Å². The summed E-state index contributed by atoms with van der Waals surface area (Å²) in [6.45, 7) is 9.95. The predicted molar refractivity (Wildman–Crippen MR) is 412 cm³/mol. The van der Waals surface area contributed by atoms with Gasteiger partial charge in [-0.05, 0) is 96.5 Å². The maximum absolute atomic E-state index is 14.5. The van der Waals surface area contributed by atoms with Crippen LogP contribution < -0.4 is 103 Å². The number of aliphatic carboxylic acids is 3. The molecule has 46 nitrogen and oxygen atoms in total. The maximum Gasteiger partial charge on any atom is 0.325 e. The molecule has 0 aromatic carbocycles. The lowest BCUT2D eigenvalue weighted by molar-refractivity contribution is -0.142. The standard InChI is InChI=1S/C67H112N22O24S2/c1-10-30(4)50(87-65(111)52(34(8)91)88-54(100)36(68)27-114)63(109)86-43(23-35-25-73-28-76-35)55(101)75-26-47(94)79-44(24-46(70)93)62(108)89-51(33(7)90)64(110)84-40(15-18-49(97)98)59(105)82-39(14-17-48(95)96)60(106)85-42(22-29(2)3)61(107)80-37(12-11-20-74-67(71)72)57(103)81-38(13-16-45(69)92)58(104)83-41(19-21-115-9)56(102)77-31(5)53(99)78-32(6)66(112)113/h25,28-34,36-44,50-52,90-91,114H,10-24,26-27,68H2,1-9H3,(H2,69,92)(H2,70,93)(H,73,76)(H,75,101)(H,77,102)(H,78,99)(H,79,94)(H,80,107)(H,81,103)(H,82,105)(H,83,104)(H,84,110)(H,85,106)(H,86,109)(H,87,111)(H,88,100)(H,89,108)(H,95,96)(H,97,98)(H,112,113)(H4,71,72,74)/t30-,31-,32-,33+,34+,36-,37-,38-,39-,40-,41-,42-,43-,44-,50-,51-,52-/m0/s1. The zero-order valence-electron chi connectivity index (χ0n) is 65.2. The van der Waals surface area contributed by atoms with Crippen molar-refractivity contribution >= 4 is 143 Å². The van der Waals surface area contributed by atoms with E-state index in [2.05, 4.69) is 102 Å². The van der Waals surface area contributed by atoms with E-state index in [9.17, 15) is 117 Å². The third-order valence-electron chi connectivity index (χ3n) is 17.1. The first-order valence-corrected chi connectivity index (χ1v) is 38.5. The van der Waals surface area contributed by atoms with Gasteiger partial charge in [-0.1, -0.05) is 34.1 Å². The number of carboxylic acids is 3. The van der Waals surface area contributed by atoms with Gasteiger partial charge in [-0.3, -0.25) is 96.5 Å². The highest BCUT2D eigenvalue weighted by Gasteiger charge is 2.40. The lowest BCUT2D eigenvalue weighted by atomic mass is 9.96. The Morgan fingerprint density at radius 2 is 0.922 bits per heavy atom. The van der Waals surface area contributed by atoms with Crippen molar-refractivity contribution in [1.82, 2.24) is 89.7 Å². The molecular formula is C67H112N22O24S2. The Bertz CT molecular complexity index is 3540. The lowest BCUT2D eigenvalue weighted by Crippen LogP contribution is -2.62. The minimum atomic E-state index is -2.16. The smallest absolute Gasteiger partial charge is 0.325 e. The number of rotatable bonds is 56. The van der Waals surface area contributed by atoms with Gasteiger partial charge >= 0.3 is 17.9 Å². The second-order valence-electron chi connectivity index (χ2n) is 27.4. The van der Waals surface area contributed by atoms with Gasteiger partial charge in [0.1, 0.15) is 78.5 Å². The first kappa shape index (κ1) is 102. The summed E-state index contributed by atoms with van der Waals surface area (Å²) in [5.41, 5.74) is 22.2. The molecule has 1 heterocycles. The van der Waals surface area contributed by atoms with Crippen LogP contribution in [-0.2, 0) is 97.5 Å². The highest BCUT2D eigenvalue weighted by molar-refractivity contribution is 7.98. The summed E-state index contributed by atoms with van der Waals surface area (Å²) < 4.78 is 0. The number of guanidine groups is 1. The Morgan fingerprint density at radius 1 is 0.496 bits per heavy atom. The number of nitrogens with two attached hydrogens (primary N) is 4. The van der Waals surface area contributed by atoms with Gasteiger partial charge in [0.2, 0.25) is 94.5 Å². The molecule has 0 aliphatic heterocycles. The van der Waals surface area contributed by atoms with Crippen molar-refractivity contribution in [2.45, 2.75) is 236 Å². The van der Waals surface area contributed by atoms with Crippen LogP contribution in [0, 0.1) is 17.2 Å². The van der Waals surface area contributed by atoms with Crippen molar-refractivity contribution < 1.29 is 117 Å². The molecule has 646 valence electrons. The first-order chi connectivity index (χ1) is 53.8. The van der Waals surface area contributed by atoms with Crippen molar-refractivity contribution in [2.24, 2.45) is 34.8 Å². The Morgan fingerprint density at radius 3 is 1.37 bits per heavy atom. The number of H-pyrrole nitrogens is 1. The maximum atomic E-state index is 14.5. The molecule has 0 unspecified atom stereocenters. The molecule has 1 aromatic heterocycles. The van der Waals surface area contributed by atoms with Gasteiger partial charge in [-0.25, -0.2) is 4.98 Å². The van der Waals surface area contributed by atoms with E-state index < -0.39 is 279 Å². The first-order valence-electron chi connectivity index (χ1n) is 36.5. The largest absolute Gasteiger partial charge is 0.481 e. The summed E-state index contributed by atoms with van der Waals surface area (Å²) in [4.78, 5) is 260. The van der Waals surface area contributed by atoms with Gasteiger partial charge in [0.15, 0.2) is 5.96 Å². The minimum Gasteiger partial charge on any atom is -0.481 e. The van der Waals surface area contributed by atoms with E-state index in [0.29, 0.717) is 0 Å². The number of nitrogens with zero attached hydrogens (tertiary/aromatic N) is 1. The van der Waals surface area contributed by atoms with Crippen LogP contribution in [-0.4, -0.2) is 282 Å². The average molecular weight is 1670 g/mol. The minimum absolute atomic E-state index is 0.0420. The molecule has 0 bridgehead atoms. The molecule has 1 rings (SSSR count). The molecule has 0 radical (unpaired) electrons. The van der Waals surface area contributed by atoms with Gasteiger partial charge in [0.25, 0.3) is 0 Å². The summed E-state index contributed by atoms with van der Waals surface area (Å²) >= 11 is 5.23. The normalized spacial score (nSPS) is 15.5. The molecule has 0 fully saturated rings. The number of hydrogen-bond acceptors (Lipinski definition) is 26. The van der Waals surface area contributed by atoms with Crippen LogP contribution in [0.25, 0.3) is 0 Å². The number of thioether (sulfide) groups is 1. The van der Waals surface area contributed by atoms with E-state index in [1.807, 2.05) is 0 Å². The van der Waals surface area contributed by atoms with E-state index in [0.717, 1.165) is 6.92 Å². The number of hydrogen-bond donors (Lipinski definition) is 27. The van der Waals surface area contributed by atoms with E-state index in [1.54, 1.807) is 34.0 Å².